The van der Waals surface area contributed by atoms with Crippen molar-refractivity contribution in [1.82, 2.24) is 4.90 Å². The molecule has 1 atom stereocenters. The highest BCUT2D eigenvalue weighted by Gasteiger charge is 2.14. The molecule has 0 saturated carbocycles. The summed E-state index contributed by atoms with van der Waals surface area (Å²) in [6.07, 6.45) is 4.04. The number of benzene rings is 1. The van der Waals surface area contributed by atoms with E-state index in [1.54, 1.807) is 0 Å². The molecule has 0 spiro atoms. The van der Waals surface area contributed by atoms with Crippen LogP contribution in [0.1, 0.15) is 25.3 Å². The molecule has 1 aromatic carbocycles. The van der Waals surface area contributed by atoms with Gasteiger partial charge < -0.3 is 5.11 Å². The molecule has 0 saturated heterocycles. The molecule has 0 fully saturated rings. The van der Waals surface area contributed by atoms with Crippen molar-refractivity contribution < 1.29 is 5.11 Å². The first-order valence-corrected chi connectivity index (χ1v) is 6.44. The van der Waals surface area contributed by atoms with Gasteiger partial charge in [-0.25, -0.2) is 0 Å². The van der Waals surface area contributed by atoms with E-state index in [1.165, 1.54) is 11.1 Å². The Morgan fingerprint density at radius 1 is 1.29 bits per heavy atom. The summed E-state index contributed by atoms with van der Waals surface area (Å²) in [4.78, 5) is 2.32. The number of hydrogen-bond acceptors (Lipinski definition) is 2. The molecule has 1 aliphatic heterocycles. The summed E-state index contributed by atoms with van der Waals surface area (Å²) < 4.78 is 0. The monoisotopic (exact) mass is 231 g/mol. The van der Waals surface area contributed by atoms with Gasteiger partial charge in [-0.05, 0) is 24.0 Å². The number of rotatable bonds is 4. The lowest BCUT2D eigenvalue weighted by molar-refractivity contribution is 0.115. The van der Waals surface area contributed by atoms with Gasteiger partial charge in [0.25, 0.3) is 0 Å². The van der Waals surface area contributed by atoms with E-state index in [2.05, 4.69) is 41.3 Å². The van der Waals surface area contributed by atoms with E-state index in [4.69, 9.17) is 0 Å². The molecule has 2 heteroatoms. The first-order chi connectivity index (χ1) is 8.29. The molecular weight excluding hydrogens is 210 g/mol. The summed E-state index contributed by atoms with van der Waals surface area (Å²) in [6, 6.07) is 10.6. The lowest BCUT2D eigenvalue weighted by Gasteiger charge is -2.28. The maximum Gasteiger partial charge on any atom is 0.0664 e. The second kappa shape index (κ2) is 5.99. The van der Waals surface area contributed by atoms with Gasteiger partial charge in [-0.3, -0.25) is 4.90 Å². The maximum absolute atomic E-state index is 9.63. The van der Waals surface area contributed by atoms with Gasteiger partial charge in [0, 0.05) is 19.6 Å². The van der Waals surface area contributed by atoms with Crippen LogP contribution in [-0.4, -0.2) is 35.7 Å². The fraction of sp³-hybridized carbons (Fsp3) is 0.467. The Bertz CT molecular complexity index is 372. The summed E-state index contributed by atoms with van der Waals surface area (Å²) in [5.74, 6) is 0. The van der Waals surface area contributed by atoms with Crippen LogP contribution in [-0.2, 0) is 0 Å². The Hall–Kier alpha value is -1.12. The Labute approximate surface area is 104 Å². The SMILES string of the molecule is CCC(O)CN1CC=C(c2ccccc2)CC1. The van der Waals surface area contributed by atoms with Crippen LogP contribution < -0.4 is 0 Å². The molecule has 1 aromatic rings. The van der Waals surface area contributed by atoms with Crippen LogP contribution in [0.5, 0.6) is 0 Å². The lowest BCUT2D eigenvalue weighted by atomic mass is 9.99. The van der Waals surface area contributed by atoms with Crippen LogP contribution in [0.25, 0.3) is 5.57 Å². The molecule has 0 aromatic heterocycles. The van der Waals surface area contributed by atoms with Crippen LogP contribution in [0.3, 0.4) is 0 Å². The highest BCUT2D eigenvalue weighted by atomic mass is 16.3. The molecule has 1 aliphatic rings. The molecule has 0 amide bonds. The van der Waals surface area contributed by atoms with Crippen LogP contribution in [0, 0.1) is 0 Å². The van der Waals surface area contributed by atoms with Crippen LogP contribution in [0.15, 0.2) is 36.4 Å². The Morgan fingerprint density at radius 2 is 2.06 bits per heavy atom. The van der Waals surface area contributed by atoms with Gasteiger partial charge >= 0.3 is 0 Å². The molecule has 0 aliphatic carbocycles. The summed E-state index contributed by atoms with van der Waals surface area (Å²) in [6.45, 7) is 4.84. The van der Waals surface area contributed by atoms with Crippen molar-refractivity contribution in [2.45, 2.75) is 25.9 Å². The second-order valence-electron chi connectivity index (χ2n) is 4.67. The predicted molar refractivity (Wildman–Crippen MR) is 71.8 cm³/mol. The fourth-order valence-electron chi connectivity index (χ4n) is 2.22. The number of aliphatic hydroxyl groups is 1. The minimum Gasteiger partial charge on any atom is -0.392 e. The maximum atomic E-state index is 9.63. The molecule has 2 rings (SSSR count). The summed E-state index contributed by atoms with van der Waals surface area (Å²) in [5.41, 5.74) is 2.77. The van der Waals surface area contributed by atoms with Crippen molar-refractivity contribution in [2.24, 2.45) is 0 Å². The zero-order chi connectivity index (χ0) is 12.1. The lowest BCUT2D eigenvalue weighted by Crippen LogP contribution is -2.35. The van der Waals surface area contributed by atoms with Gasteiger partial charge in [0.05, 0.1) is 6.10 Å². The van der Waals surface area contributed by atoms with Crippen molar-refractivity contribution >= 4 is 5.57 Å². The van der Waals surface area contributed by atoms with Gasteiger partial charge in [0.2, 0.25) is 0 Å². The van der Waals surface area contributed by atoms with E-state index < -0.39 is 0 Å². The quantitative estimate of drug-likeness (QED) is 0.861. The minimum absolute atomic E-state index is 0.179. The van der Waals surface area contributed by atoms with E-state index in [0.717, 1.165) is 32.5 Å². The summed E-state index contributed by atoms with van der Waals surface area (Å²) >= 11 is 0. The number of nitrogens with zero attached hydrogens (tertiary/aromatic N) is 1. The van der Waals surface area contributed by atoms with Crippen molar-refractivity contribution in [1.29, 1.82) is 0 Å². The van der Waals surface area contributed by atoms with E-state index in [1.807, 2.05) is 6.92 Å². The van der Waals surface area contributed by atoms with Gasteiger partial charge in [-0.15, -0.1) is 0 Å². The molecule has 0 radical (unpaired) electrons. The standard InChI is InChI=1S/C15H21NO/c1-2-15(17)12-16-10-8-14(9-11-16)13-6-4-3-5-7-13/h3-8,15,17H,2,9-12H2,1H3. The van der Waals surface area contributed by atoms with E-state index in [-0.39, 0.29) is 6.10 Å². The smallest absolute Gasteiger partial charge is 0.0664 e. The fourth-order valence-corrected chi connectivity index (χ4v) is 2.22. The first kappa shape index (κ1) is 12.3. The summed E-state index contributed by atoms with van der Waals surface area (Å²) in [7, 11) is 0. The largest absolute Gasteiger partial charge is 0.392 e. The van der Waals surface area contributed by atoms with E-state index >= 15 is 0 Å². The molecular formula is C15H21NO. The van der Waals surface area contributed by atoms with Crippen LogP contribution in [0.4, 0.5) is 0 Å². The van der Waals surface area contributed by atoms with Crippen LogP contribution >= 0.6 is 0 Å². The zero-order valence-electron chi connectivity index (χ0n) is 10.5. The van der Waals surface area contributed by atoms with E-state index in [0.29, 0.717) is 0 Å². The molecule has 0 bridgehead atoms. The van der Waals surface area contributed by atoms with Gasteiger partial charge in [-0.2, -0.15) is 0 Å². The molecule has 17 heavy (non-hydrogen) atoms. The molecule has 1 unspecified atom stereocenters. The average molecular weight is 231 g/mol. The first-order valence-electron chi connectivity index (χ1n) is 6.44. The van der Waals surface area contributed by atoms with Crippen molar-refractivity contribution in [3.8, 4) is 0 Å². The average Bonchev–Trinajstić information content (AvgIpc) is 2.40. The molecule has 92 valence electrons. The molecule has 1 heterocycles. The number of hydrogen-bond donors (Lipinski definition) is 1. The second-order valence-corrected chi connectivity index (χ2v) is 4.67. The third-order valence-electron chi connectivity index (χ3n) is 3.38. The Balaban J connectivity index is 1.94. The Morgan fingerprint density at radius 3 is 2.65 bits per heavy atom. The van der Waals surface area contributed by atoms with Gasteiger partial charge in [0.15, 0.2) is 0 Å². The topological polar surface area (TPSA) is 23.5 Å². The van der Waals surface area contributed by atoms with Crippen molar-refractivity contribution in [3.63, 3.8) is 0 Å². The zero-order valence-corrected chi connectivity index (χ0v) is 10.5. The summed E-state index contributed by atoms with van der Waals surface area (Å²) in [5, 5.41) is 9.63. The third kappa shape index (κ3) is 3.42. The molecule has 2 nitrogen and oxygen atoms in total. The highest BCUT2D eigenvalue weighted by molar-refractivity contribution is 5.66. The Kier molecular flexibility index (Phi) is 4.35. The highest BCUT2D eigenvalue weighted by Crippen LogP contribution is 2.21. The minimum atomic E-state index is -0.179. The number of aliphatic hydroxyl groups excluding tert-OH is 1. The van der Waals surface area contributed by atoms with Crippen molar-refractivity contribution in [2.75, 3.05) is 19.6 Å². The third-order valence-corrected chi connectivity index (χ3v) is 3.38. The van der Waals surface area contributed by atoms with Crippen molar-refractivity contribution in [3.05, 3.63) is 42.0 Å². The molecule has 1 N–H and O–H groups in total. The predicted octanol–water partition coefficient (Wildman–Crippen LogP) is 2.55. The van der Waals surface area contributed by atoms with Gasteiger partial charge in [-0.1, -0.05) is 43.3 Å². The number of β-amino-alcohol motifs (C(OH)–C–C–N with tert-alkyl or cyclic N) is 1. The van der Waals surface area contributed by atoms with Gasteiger partial charge in [0.1, 0.15) is 0 Å². The normalized spacial score (nSPS) is 18.8. The van der Waals surface area contributed by atoms with Crippen LogP contribution in [0.2, 0.25) is 0 Å². The van der Waals surface area contributed by atoms with E-state index in [9.17, 15) is 5.11 Å².